The number of carboxylic acids is 1. The lowest BCUT2D eigenvalue weighted by Crippen LogP contribution is -2.48. The van der Waals surface area contributed by atoms with Crippen LogP contribution in [-0.2, 0) is 27.2 Å². The summed E-state index contributed by atoms with van der Waals surface area (Å²) in [6.45, 7) is 5.62. The zero-order valence-corrected chi connectivity index (χ0v) is 20.6. The molecule has 4 rings (SSSR count). The second kappa shape index (κ2) is 10.7. The number of hydrogen-bond acceptors (Lipinski definition) is 5. The molecule has 6 nitrogen and oxygen atoms in total. The average molecular weight is 482 g/mol. The molecule has 0 spiro atoms. The van der Waals surface area contributed by atoms with Crippen LogP contribution in [0.1, 0.15) is 18.2 Å². The van der Waals surface area contributed by atoms with E-state index in [-0.39, 0.29) is 5.92 Å². The van der Waals surface area contributed by atoms with Crippen LogP contribution in [0.2, 0.25) is 0 Å². The number of aryl methyl sites for hydroxylation is 1. The summed E-state index contributed by atoms with van der Waals surface area (Å²) < 4.78 is 19.2. The minimum absolute atomic E-state index is 0.124. The standard InChI is InChI=1S/C27H31NO5S/c1-19-4-13-25(22-7-11-24(34-3)12-8-22)28(19)14-15-31-23-9-5-20(6-10-23)16-21-17-32-27(2,26(29)30)33-18-21/h4-13,21H,14-18H2,1-3H3,(H,29,30). The number of nitrogens with zero attached hydrogens (tertiary/aromatic N) is 1. The smallest absolute Gasteiger partial charge is 0.364 e. The van der Waals surface area contributed by atoms with Gasteiger partial charge in [-0.2, -0.15) is 0 Å². The van der Waals surface area contributed by atoms with Gasteiger partial charge in [0.15, 0.2) is 0 Å². The highest BCUT2D eigenvalue weighted by atomic mass is 32.2. The first-order chi connectivity index (χ1) is 16.4. The first-order valence-corrected chi connectivity index (χ1v) is 12.6. The van der Waals surface area contributed by atoms with Crippen molar-refractivity contribution >= 4 is 17.7 Å². The molecule has 0 saturated carbocycles. The van der Waals surface area contributed by atoms with Crippen molar-refractivity contribution in [2.24, 2.45) is 5.92 Å². The average Bonchev–Trinajstić information content (AvgIpc) is 3.22. The molecule has 1 N–H and O–H groups in total. The van der Waals surface area contributed by atoms with E-state index in [2.05, 4.69) is 54.1 Å². The van der Waals surface area contributed by atoms with Crippen LogP contribution in [0.15, 0.2) is 65.6 Å². The van der Waals surface area contributed by atoms with Crippen LogP contribution in [-0.4, -0.2) is 47.5 Å². The summed E-state index contributed by atoms with van der Waals surface area (Å²) in [6.07, 6.45) is 2.85. The van der Waals surface area contributed by atoms with Gasteiger partial charge in [0.1, 0.15) is 12.4 Å². The maximum Gasteiger partial charge on any atom is 0.364 e. The molecule has 0 amide bonds. The number of ether oxygens (including phenoxy) is 3. The molecule has 1 aromatic heterocycles. The number of carboxylic acid groups (broad SMARTS) is 1. The minimum atomic E-state index is -1.54. The van der Waals surface area contributed by atoms with Crippen LogP contribution >= 0.6 is 11.8 Å². The quantitative estimate of drug-likeness (QED) is 0.420. The van der Waals surface area contributed by atoms with E-state index < -0.39 is 11.8 Å². The number of hydrogen-bond donors (Lipinski definition) is 1. The molecular formula is C27H31NO5S. The van der Waals surface area contributed by atoms with Gasteiger partial charge in [-0.25, -0.2) is 4.79 Å². The van der Waals surface area contributed by atoms with E-state index in [1.807, 2.05) is 24.3 Å². The van der Waals surface area contributed by atoms with Gasteiger partial charge >= 0.3 is 5.97 Å². The Morgan fingerprint density at radius 2 is 1.76 bits per heavy atom. The van der Waals surface area contributed by atoms with Crippen LogP contribution in [0.3, 0.4) is 0 Å². The van der Waals surface area contributed by atoms with E-state index in [1.54, 1.807) is 11.8 Å². The third-order valence-corrected chi connectivity index (χ3v) is 6.94. The molecule has 1 saturated heterocycles. The largest absolute Gasteiger partial charge is 0.492 e. The van der Waals surface area contributed by atoms with Crippen molar-refractivity contribution in [3.05, 3.63) is 71.9 Å². The number of aliphatic carboxylic acids is 1. The fraction of sp³-hybridized carbons (Fsp3) is 0.370. The molecule has 180 valence electrons. The van der Waals surface area contributed by atoms with Gasteiger partial charge in [0.05, 0.1) is 19.8 Å². The number of rotatable bonds is 9. The predicted molar refractivity (Wildman–Crippen MR) is 133 cm³/mol. The van der Waals surface area contributed by atoms with Crippen molar-refractivity contribution in [2.45, 2.75) is 37.5 Å². The third kappa shape index (κ3) is 5.66. The summed E-state index contributed by atoms with van der Waals surface area (Å²) in [7, 11) is 0. The summed E-state index contributed by atoms with van der Waals surface area (Å²) in [5, 5.41) is 9.18. The van der Waals surface area contributed by atoms with E-state index in [0.717, 1.165) is 24.3 Å². The minimum Gasteiger partial charge on any atom is -0.492 e. The van der Waals surface area contributed by atoms with Crippen molar-refractivity contribution in [3.63, 3.8) is 0 Å². The lowest BCUT2D eigenvalue weighted by atomic mass is 9.99. The van der Waals surface area contributed by atoms with Gasteiger partial charge in [0, 0.05) is 29.1 Å². The number of aromatic nitrogens is 1. The zero-order chi connectivity index (χ0) is 24.1. The number of carbonyl (C=O) groups is 1. The summed E-state index contributed by atoms with van der Waals surface area (Å²) in [6, 6.07) is 21.0. The Morgan fingerprint density at radius 3 is 2.38 bits per heavy atom. The van der Waals surface area contributed by atoms with Crippen LogP contribution < -0.4 is 4.74 Å². The molecule has 1 aliphatic rings. The Hall–Kier alpha value is -2.74. The molecule has 0 aliphatic carbocycles. The third-order valence-electron chi connectivity index (χ3n) is 6.19. The Kier molecular flexibility index (Phi) is 7.66. The highest BCUT2D eigenvalue weighted by Gasteiger charge is 2.40. The lowest BCUT2D eigenvalue weighted by molar-refractivity contribution is -0.270. The molecule has 0 bridgehead atoms. The maximum absolute atomic E-state index is 11.2. The molecule has 2 aromatic carbocycles. The molecule has 0 unspecified atom stereocenters. The molecule has 3 aromatic rings. The number of benzene rings is 2. The predicted octanol–water partition coefficient (Wildman–Crippen LogP) is 5.27. The Labute approximate surface area is 204 Å². The molecular weight excluding hydrogens is 450 g/mol. The van der Waals surface area contributed by atoms with E-state index >= 15 is 0 Å². The molecule has 7 heteroatoms. The molecule has 34 heavy (non-hydrogen) atoms. The van der Waals surface area contributed by atoms with Crippen LogP contribution in [0.4, 0.5) is 0 Å². The second-order valence-corrected chi connectivity index (χ2v) is 9.56. The van der Waals surface area contributed by atoms with Gasteiger partial charge < -0.3 is 23.9 Å². The summed E-state index contributed by atoms with van der Waals surface area (Å²) in [4.78, 5) is 12.5. The van der Waals surface area contributed by atoms with Crippen LogP contribution in [0.25, 0.3) is 11.3 Å². The Balaban J connectivity index is 1.29. The molecule has 2 heterocycles. The summed E-state index contributed by atoms with van der Waals surface area (Å²) >= 11 is 1.74. The monoisotopic (exact) mass is 481 g/mol. The Bertz CT molecular complexity index is 1100. The summed E-state index contributed by atoms with van der Waals surface area (Å²) in [5.74, 6) is -1.68. The van der Waals surface area contributed by atoms with E-state index in [9.17, 15) is 9.90 Å². The van der Waals surface area contributed by atoms with Gasteiger partial charge in [-0.1, -0.05) is 24.3 Å². The van der Waals surface area contributed by atoms with Crippen molar-refractivity contribution in [1.82, 2.24) is 4.57 Å². The second-order valence-electron chi connectivity index (χ2n) is 8.68. The van der Waals surface area contributed by atoms with E-state index in [1.165, 1.54) is 28.8 Å². The normalized spacial score (nSPS) is 20.3. The fourth-order valence-corrected chi connectivity index (χ4v) is 4.48. The zero-order valence-electron chi connectivity index (χ0n) is 19.8. The fourth-order valence-electron chi connectivity index (χ4n) is 4.07. The Morgan fingerprint density at radius 1 is 1.09 bits per heavy atom. The van der Waals surface area contributed by atoms with Gasteiger partial charge in [-0.15, -0.1) is 11.8 Å². The van der Waals surface area contributed by atoms with E-state index in [0.29, 0.717) is 19.8 Å². The van der Waals surface area contributed by atoms with Crippen LogP contribution in [0, 0.1) is 12.8 Å². The van der Waals surface area contributed by atoms with Gasteiger partial charge in [0.25, 0.3) is 5.79 Å². The van der Waals surface area contributed by atoms with Crippen molar-refractivity contribution in [3.8, 4) is 17.0 Å². The number of thioether (sulfide) groups is 1. The highest BCUT2D eigenvalue weighted by Crippen LogP contribution is 2.26. The molecule has 1 fully saturated rings. The van der Waals surface area contributed by atoms with Gasteiger partial charge in [-0.3, -0.25) is 0 Å². The molecule has 1 aliphatic heterocycles. The molecule has 0 atom stereocenters. The first kappa shape index (κ1) is 24.4. The van der Waals surface area contributed by atoms with Crippen molar-refractivity contribution in [1.29, 1.82) is 0 Å². The topological polar surface area (TPSA) is 69.9 Å². The van der Waals surface area contributed by atoms with Gasteiger partial charge in [0.2, 0.25) is 0 Å². The lowest BCUT2D eigenvalue weighted by Gasteiger charge is -2.34. The maximum atomic E-state index is 11.2. The van der Waals surface area contributed by atoms with Crippen LogP contribution in [0.5, 0.6) is 5.75 Å². The molecule has 0 radical (unpaired) electrons. The highest BCUT2D eigenvalue weighted by molar-refractivity contribution is 7.98. The van der Waals surface area contributed by atoms with E-state index in [4.69, 9.17) is 14.2 Å². The van der Waals surface area contributed by atoms with Crippen molar-refractivity contribution < 1.29 is 24.1 Å². The summed E-state index contributed by atoms with van der Waals surface area (Å²) in [5.41, 5.74) is 4.74. The first-order valence-electron chi connectivity index (χ1n) is 11.4. The SMILES string of the molecule is CSc1ccc(-c2ccc(C)n2CCOc2ccc(CC3COC(C)(C(=O)O)OC3)cc2)cc1. The van der Waals surface area contributed by atoms with Crippen molar-refractivity contribution in [2.75, 3.05) is 26.1 Å². The van der Waals surface area contributed by atoms with Gasteiger partial charge in [-0.05, 0) is 67.1 Å².